The number of hydrogen-bond acceptors (Lipinski definition) is 5. The van der Waals surface area contributed by atoms with Crippen LogP contribution < -0.4 is 14.2 Å². The standard InChI is InChI=1S/C25H25Cl2NO5/c1-3-32-21-6-4-16(12-22(21)31-2)5-7-23(30)28-10-8-25(9-11-28)15-20(29)18-13-17(26)14-19(27)24(18)33-25/h4-7,12-14H,3,8-11,15H2,1-2H3/b7-5+. The van der Waals surface area contributed by atoms with Crippen molar-refractivity contribution in [2.24, 2.45) is 0 Å². The monoisotopic (exact) mass is 489 g/mol. The Morgan fingerprint density at radius 1 is 1.18 bits per heavy atom. The minimum atomic E-state index is -0.648. The molecule has 2 aliphatic heterocycles. The van der Waals surface area contributed by atoms with Crippen LogP contribution in [0.4, 0.5) is 0 Å². The third-order valence-corrected chi connectivity index (χ3v) is 6.50. The number of likely N-dealkylation sites (tertiary alicyclic amines) is 1. The quantitative estimate of drug-likeness (QED) is 0.523. The molecule has 0 aromatic heterocycles. The van der Waals surface area contributed by atoms with Crippen LogP contribution in [-0.2, 0) is 4.79 Å². The molecule has 4 rings (SSSR count). The fourth-order valence-corrected chi connectivity index (χ4v) is 4.79. The van der Waals surface area contributed by atoms with Crippen LogP contribution >= 0.6 is 23.2 Å². The summed E-state index contributed by atoms with van der Waals surface area (Å²) < 4.78 is 17.1. The molecule has 0 radical (unpaired) electrons. The van der Waals surface area contributed by atoms with Crippen molar-refractivity contribution in [2.75, 3.05) is 26.8 Å². The van der Waals surface area contributed by atoms with Gasteiger partial charge in [-0.15, -0.1) is 0 Å². The maximum Gasteiger partial charge on any atom is 0.246 e. The highest BCUT2D eigenvalue weighted by molar-refractivity contribution is 6.36. The first kappa shape index (κ1) is 23.5. The second-order valence-electron chi connectivity index (χ2n) is 8.15. The van der Waals surface area contributed by atoms with E-state index < -0.39 is 5.60 Å². The number of fused-ring (bicyclic) bond motifs is 1. The summed E-state index contributed by atoms with van der Waals surface area (Å²) in [5.41, 5.74) is 0.610. The number of ketones is 1. The molecular weight excluding hydrogens is 465 g/mol. The zero-order chi connectivity index (χ0) is 23.6. The van der Waals surface area contributed by atoms with Gasteiger partial charge in [0.05, 0.1) is 30.7 Å². The zero-order valence-corrected chi connectivity index (χ0v) is 20.0. The number of carbonyl (C=O) groups excluding carboxylic acids is 2. The van der Waals surface area contributed by atoms with E-state index in [1.54, 1.807) is 36.3 Å². The molecule has 1 fully saturated rings. The maximum atomic E-state index is 12.8. The summed E-state index contributed by atoms with van der Waals surface area (Å²) in [4.78, 5) is 27.3. The van der Waals surface area contributed by atoms with Gasteiger partial charge in [-0.3, -0.25) is 9.59 Å². The third kappa shape index (κ3) is 4.97. The van der Waals surface area contributed by atoms with Crippen LogP contribution in [0.5, 0.6) is 17.2 Å². The van der Waals surface area contributed by atoms with Crippen LogP contribution in [0, 0.1) is 0 Å². The highest BCUT2D eigenvalue weighted by atomic mass is 35.5. The van der Waals surface area contributed by atoms with E-state index in [0.717, 1.165) is 5.56 Å². The van der Waals surface area contributed by atoms with E-state index in [1.807, 2.05) is 25.1 Å². The molecule has 0 unspecified atom stereocenters. The smallest absolute Gasteiger partial charge is 0.246 e. The molecule has 1 saturated heterocycles. The number of nitrogens with zero attached hydrogens (tertiary/aromatic N) is 1. The van der Waals surface area contributed by atoms with Crippen molar-refractivity contribution in [1.29, 1.82) is 0 Å². The number of methoxy groups -OCH3 is 1. The van der Waals surface area contributed by atoms with Gasteiger partial charge in [-0.2, -0.15) is 0 Å². The molecule has 8 heteroatoms. The van der Waals surface area contributed by atoms with Crippen molar-refractivity contribution in [1.82, 2.24) is 4.90 Å². The zero-order valence-electron chi connectivity index (χ0n) is 18.5. The Morgan fingerprint density at radius 2 is 1.94 bits per heavy atom. The molecule has 0 bridgehead atoms. The van der Waals surface area contributed by atoms with Gasteiger partial charge in [0, 0.05) is 37.0 Å². The van der Waals surface area contributed by atoms with Gasteiger partial charge < -0.3 is 19.1 Å². The number of Topliss-reactive ketones (excluding diaryl/α,β-unsaturated/α-hetero) is 1. The van der Waals surface area contributed by atoms with E-state index in [0.29, 0.717) is 65.4 Å². The molecule has 1 spiro atoms. The Bertz CT molecular complexity index is 1110. The highest BCUT2D eigenvalue weighted by Gasteiger charge is 2.44. The summed E-state index contributed by atoms with van der Waals surface area (Å²) in [6.07, 6.45) is 4.65. The Morgan fingerprint density at radius 3 is 2.64 bits per heavy atom. The van der Waals surface area contributed by atoms with Gasteiger partial charge in [0.2, 0.25) is 5.91 Å². The number of piperidine rings is 1. The van der Waals surface area contributed by atoms with E-state index in [4.69, 9.17) is 37.4 Å². The van der Waals surface area contributed by atoms with Gasteiger partial charge in [-0.05, 0) is 42.8 Å². The summed E-state index contributed by atoms with van der Waals surface area (Å²) in [7, 11) is 1.58. The average molecular weight is 490 g/mol. The van der Waals surface area contributed by atoms with Gasteiger partial charge >= 0.3 is 0 Å². The first-order valence-corrected chi connectivity index (χ1v) is 11.6. The van der Waals surface area contributed by atoms with E-state index in [-0.39, 0.29) is 18.1 Å². The Kier molecular flexibility index (Phi) is 6.86. The lowest BCUT2D eigenvalue weighted by atomic mass is 9.82. The summed E-state index contributed by atoms with van der Waals surface area (Å²) in [6, 6.07) is 8.70. The Labute approximate surface area is 203 Å². The Balaban J connectivity index is 1.41. The lowest BCUT2D eigenvalue weighted by Gasteiger charge is -2.44. The van der Waals surface area contributed by atoms with E-state index in [2.05, 4.69) is 0 Å². The minimum absolute atomic E-state index is 0.0373. The molecular formula is C25H25Cl2NO5. The molecule has 33 heavy (non-hydrogen) atoms. The summed E-state index contributed by atoms with van der Waals surface area (Å²) in [5.74, 6) is 1.54. The van der Waals surface area contributed by atoms with Gasteiger partial charge in [0.25, 0.3) is 0 Å². The first-order valence-electron chi connectivity index (χ1n) is 10.8. The topological polar surface area (TPSA) is 65.1 Å². The van der Waals surface area contributed by atoms with Crippen LogP contribution in [-0.4, -0.2) is 49.0 Å². The van der Waals surface area contributed by atoms with Crippen molar-refractivity contribution in [3.63, 3.8) is 0 Å². The number of carbonyl (C=O) groups is 2. The molecule has 0 aliphatic carbocycles. The number of rotatable bonds is 5. The number of hydrogen-bond donors (Lipinski definition) is 0. The van der Waals surface area contributed by atoms with E-state index in [9.17, 15) is 9.59 Å². The molecule has 0 saturated carbocycles. The van der Waals surface area contributed by atoms with Crippen molar-refractivity contribution in [3.05, 3.63) is 57.6 Å². The van der Waals surface area contributed by atoms with Crippen molar-refractivity contribution < 1.29 is 23.8 Å². The number of ether oxygens (including phenoxy) is 3. The fraction of sp³-hybridized carbons (Fsp3) is 0.360. The van der Waals surface area contributed by atoms with Crippen LogP contribution in [0.25, 0.3) is 6.08 Å². The van der Waals surface area contributed by atoms with E-state index >= 15 is 0 Å². The number of halogens is 2. The van der Waals surface area contributed by atoms with Crippen molar-refractivity contribution in [3.8, 4) is 17.2 Å². The third-order valence-electron chi connectivity index (χ3n) is 6.00. The maximum absolute atomic E-state index is 12.8. The predicted octanol–water partition coefficient (Wildman–Crippen LogP) is 5.44. The van der Waals surface area contributed by atoms with Crippen LogP contribution in [0.2, 0.25) is 10.0 Å². The SMILES string of the molecule is CCOc1ccc(/C=C/C(=O)N2CCC3(CC2)CC(=O)c2cc(Cl)cc(Cl)c2O3)cc1OC. The highest BCUT2D eigenvalue weighted by Crippen LogP contribution is 2.44. The van der Waals surface area contributed by atoms with Crippen LogP contribution in [0.15, 0.2) is 36.4 Å². The second kappa shape index (κ2) is 9.65. The molecule has 2 heterocycles. The molecule has 0 atom stereocenters. The molecule has 0 N–H and O–H groups in total. The first-order chi connectivity index (χ1) is 15.8. The van der Waals surface area contributed by atoms with Gasteiger partial charge in [-0.25, -0.2) is 0 Å². The average Bonchev–Trinajstić information content (AvgIpc) is 2.80. The predicted molar refractivity (Wildman–Crippen MR) is 128 cm³/mol. The lowest BCUT2D eigenvalue weighted by Crippen LogP contribution is -2.52. The molecule has 2 aromatic carbocycles. The van der Waals surface area contributed by atoms with Crippen LogP contribution in [0.3, 0.4) is 0 Å². The molecule has 1 amide bonds. The normalized spacial score (nSPS) is 17.1. The van der Waals surface area contributed by atoms with Crippen molar-refractivity contribution >= 4 is 41.0 Å². The van der Waals surface area contributed by atoms with Crippen molar-refractivity contribution in [2.45, 2.75) is 31.8 Å². The van der Waals surface area contributed by atoms with Gasteiger partial charge in [0.15, 0.2) is 17.3 Å². The van der Waals surface area contributed by atoms with E-state index in [1.165, 1.54) is 0 Å². The number of amides is 1. The second-order valence-corrected chi connectivity index (χ2v) is 8.99. The minimum Gasteiger partial charge on any atom is -0.493 e. The number of benzene rings is 2. The molecule has 2 aliphatic rings. The molecule has 2 aromatic rings. The lowest BCUT2D eigenvalue weighted by molar-refractivity contribution is -0.129. The summed E-state index contributed by atoms with van der Waals surface area (Å²) >= 11 is 12.3. The van der Waals surface area contributed by atoms with Crippen LogP contribution in [0.1, 0.15) is 42.1 Å². The van der Waals surface area contributed by atoms with Gasteiger partial charge in [0.1, 0.15) is 11.4 Å². The molecule has 174 valence electrons. The molecule has 6 nitrogen and oxygen atoms in total. The Hall–Kier alpha value is -2.70. The largest absolute Gasteiger partial charge is 0.493 e. The van der Waals surface area contributed by atoms with Gasteiger partial charge in [-0.1, -0.05) is 29.3 Å². The fourth-order valence-electron chi connectivity index (χ4n) is 4.26. The summed E-state index contributed by atoms with van der Waals surface area (Å²) in [6.45, 7) is 3.43. The summed E-state index contributed by atoms with van der Waals surface area (Å²) in [5, 5.41) is 0.737.